The molecule has 35 heavy (non-hydrogen) atoms. The second-order valence-electron chi connectivity index (χ2n) is 7.46. The molecule has 1 amide bonds. The molecule has 1 N–H and O–H groups in total. The zero-order valence-corrected chi connectivity index (χ0v) is 19.3. The quantitative estimate of drug-likeness (QED) is 0.336. The third-order valence-electron chi connectivity index (χ3n) is 5.26. The molecule has 0 radical (unpaired) electrons. The van der Waals surface area contributed by atoms with Gasteiger partial charge in [-0.15, -0.1) is 10.2 Å². The molecule has 0 spiro atoms. The number of hydrogen-bond acceptors (Lipinski definition) is 8. The molecule has 0 aliphatic carbocycles. The number of halogens is 1. The Labute approximate surface area is 204 Å². The van der Waals surface area contributed by atoms with Crippen molar-refractivity contribution < 1.29 is 19.0 Å². The van der Waals surface area contributed by atoms with Crippen LogP contribution in [0.25, 0.3) is 27.8 Å². The summed E-state index contributed by atoms with van der Waals surface area (Å²) in [5.74, 6) is 1.93. The molecule has 0 saturated heterocycles. The summed E-state index contributed by atoms with van der Waals surface area (Å²) in [7, 11) is 1.61. The van der Waals surface area contributed by atoms with Crippen LogP contribution < -0.4 is 14.3 Å². The van der Waals surface area contributed by atoms with E-state index in [1.165, 1.54) is 0 Å². The second kappa shape index (κ2) is 9.82. The van der Waals surface area contributed by atoms with Gasteiger partial charge in [0.2, 0.25) is 0 Å². The van der Waals surface area contributed by atoms with E-state index >= 15 is 0 Å². The van der Waals surface area contributed by atoms with Crippen LogP contribution in [0.4, 0.5) is 4.79 Å². The summed E-state index contributed by atoms with van der Waals surface area (Å²) < 4.78 is 18.0. The van der Waals surface area contributed by atoms with Crippen LogP contribution in [0.2, 0.25) is 0 Å². The fraction of sp³-hybridized carbons (Fsp3) is 0.125. The molecule has 5 rings (SSSR count). The van der Waals surface area contributed by atoms with Gasteiger partial charge in [-0.1, -0.05) is 18.2 Å². The van der Waals surface area contributed by atoms with Crippen molar-refractivity contribution >= 4 is 34.4 Å². The number of aromatic nitrogens is 5. The predicted octanol–water partition coefficient (Wildman–Crippen LogP) is 4.31. The molecule has 3 heterocycles. The smallest absolute Gasteiger partial charge is 0.422 e. The van der Waals surface area contributed by atoms with Crippen molar-refractivity contribution in [2.75, 3.05) is 7.11 Å². The van der Waals surface area contributed by atoms with Crippen LogP contribution in [-0.4, -0.2) is 38.0 Å². The van der Waals surface area contributed by atoms with Gasteiger partial charge in [-0.3, -0.25) is 4.98 Å². The first kappa shape index (κ1) is 22.4. The van der Waals surface area contributed by atoms with Crippen molar-refractivity contribution in [1.82, 2.24) is 29.6 Å². The van der Waals surface area contributed by atoms with Crippen LogP contribution in [0.15, 0.2) is 66.9 Å². The molecular formula is C24H19ClN6O4. The second-order valence-corrected chi connectivity index (χ2v) is 7.65. The van der Waals surface area contributed by atoms with Crippen molar-refractivity contribution in [3.63, 3.8) is 0 Å². The molecule has 0 atom stereocenters. The van der Waals surface area contributed by atoms with Gasteiger partial charge >= 0.3 is 6.09 Å². The van der Waals surface area contributed by atoms with E-state index in [4.69, 9.17) is 31.1 Å². The number of nitrogens with zero attached hydrogens (tertiary/aromatic N) is 5. The molecular weight excluding hydrogens is 472 g/mol. The molecule has 0 aliphatic heterocycles. The zero-order chi connectivity index (χ0) is 24.2. The third-order valence-corrected chi connectivity index (χ3v) is 5.42. The number of fused-ring (bicyclic) bond motifs is 2. The normalized spacial score (nSPS) is 10.9. The van der Waals surface area contributed by atoms with Crippen LogP contribution in [0.3, 0.4) is 0 Å². The van der Waals surface area contributed by atoms with Crippen molar-refractivity contribution in [2.45, 2.75) is 13.2 Å². The van der Waals surface area contributed by atoms with E-state index in [2.05, 4.69) is 15.2 Å². The Morgan fingerprint density at radius 1 is 1.06 bits per heavy atom. The Balaban J connectivity index is 1.39. The van der Waals surface area contributed by atoms with E-state index in [-0.39, 0.29) is 13.2 Å². The van der Waals surface area contributed by atoms with Crippen LogP contribution in [-0.2, 0) is 18.0 Å². The number of hydrogen-bond donors (Lipinski definition) is 1. The van der Waals surface area contributed by atoms with Crippen LogP contribution in [0.5, 0.6) is 11.5 Å². The average Bonchev–Trinajstić information content (AvgIpc) is 3.32. The number of amides is 1. The first-order valence-corrected chi connectivity index (χ1v) is 10.9. The molecule has 0 bridgehead atoms. The molecule has 10 nitrogen and oxygen atoms in total. The van der Waals surface area contributed by atoms with Crippen molar-refractivity contribution in [2.24, 2.45) is 0 Å². The first-order chi connectivity index (χ1) is 17.1. The van der Waals surface area contributed by atoms with Gasteiger partial charge in [-0.05, 0) is 42.0 Å². The molecule has 0 unspecified atom stereocenters. The zero-order valence-electron chi connectivity index (χ0n) is 18.5. The van der Waals surface area contributed by atoms with Gasteiger partial charge < -0.3 is 14.2 Å². The van der Waals surface area contributed by atoms with Gasteiger partial charge in [0.25, 0.3) is 0 Å². The molecule has 0 saturated carbocycles. The molecule has 2 aromatic carbocycles. The monoisotopic (exact) mass is 490 g/mol. The van der Waals surface area contributed by atoms with E-state index in [0.29, 0.717) is 22.9 Å². The lowest BCUT2D eigenvalue weighted by molar-refractivity contribution is 0.146. The van der Waals surface area contributed by atoms with Gasteiger partial charge in [0, 0.05) is 35.0 Å². The summed E-state index contributed by atoms with van der Waals surface area (Å²) in [6.07, 6.45) is 0.968. The summed E-state index contributed by atoms with van der Waals surface area (Å²) in [6, 6.07) is 18.6. The van der Waals surface area contributed by atoms with Crippen molar-refractivity contribution in [3.8, 4) is 22.8 Å². The van der Waals surface area contributed by atoms with Crippen LogP contribution >= 0.6 is 11.8 Å². The highest BCUT2D eigenvalue weighted by atomic mass is 35.5. The molecule has 3 aromatic heterocycles. The Kier molecular flexibility index (Phi) is 6.27. The maximum Gasteiger partial charge on any atom is 0.422 e. The topological polar surface area (TPSA) is 113 Å². The van der Waals surface area contributed by atoms with Crippen molar-refractivity contribution in [3.05, 3.63) is 78.2 Å². The highest BCUT2D eigenvalue weighted by Gasteiger charge is 2.12. The highest BCUT2D eigenvalue weighted by Crippen LogP contribution is 2.27. The Hall–Kier alpha value is -4.44. The lowest BCUT2D eigenvalue weighted by atomic mass is 10.1. The number of pyridine rings is 1. The fourth-order valence-corrected chi connectivity index (χ4v) is 3.63. The maximum absolute atomic E-state index is 11.2. The summed E-state index contributed by atoms with van der Waals surface area (Å²) in [5, 5.41) is 14.0. The molecule has 0 aliphatic rings. The summed E-state index contributed by atoms with van der Waals surface area (Å²) in [6.45, 7) is 0.232. The van der Waals surface area contributed by atoms with Crippen LogP contribution in [0, 0.1) is 0 Å². The van der Waals surface area contributed by atoms with Crippen molar-refractivity contribution in [1.29, 1.82) is 0 Å². The highest BCUT2D eigenvalue weighted by molar-refractivity contribution is 6.20. The number of carbonyl (C=O) groups excluding carboxylic acids is 1. The minimum Gasteiger partial charge on any atom is -0.497 e. The van der Waals surface area contributed by atoms with Crippen LogP contribution in [0.1, 0.15) is 11.4 Å². The number of ether oxygens (including phenoxy) is 3. The largest absolute Gasteiger partial charge is 0.497 e. The number of methoxy groups -OCH3 is 1. The Morgan fingerprint density at radius 3 is 2.83 bits per heavy atom. The minimum atomic E-state index is -0.716. The molecule has 5 aromatic rings. The molecule has 11 heteroatoms. The number of nitrogens with one attached hydrogen (secondary N) is 1. The van der Waals surface area contributed by atoms with Gasteiger partial charge in [0.15, 0.2) is 11.5 Å². The van der Waals surface area contributed by atoms with Gasteiger partial charge in [-0.2, -0.15) is 9.61 Å². The van der Waals surface area contributed by atoms with E-state index in [1.54, 1.807) is 23.9 Å². The lowest BCUT2D eigenvalue weighted by Crippen LogP contribution is -2.13. The SMILES string of the molecule is COc1ccc2c(OCc3nnc4ccc(-c5cccc(COC(=O)NCl)c5)nn34)ccnc2c1. The van der Waals surface area contributed by atoms with E-state index in [9.17, 15) is 4.79 Å². The van der Waals surface area contributed by atoms with Gasteiger partial charge in [0.05, 0.1) is 18.3 Å². The Morgan fingerprint density at radius 2 is 1.97 bits per heavy atom. The molecule has 0 fully saturated rings. The maximum atomic E-state index is 11.2. The van der Waals surface area contributed by atoms with Gasteiger partial charge in [-0.25, -0.2) is 9.63 Å². The van der Waals surface area contributed by atoms with E-state index < -0.39 is 6.09 Å². The predicted molar refractivity (Wildman–Crippen MR) is 128 cm³/mol. The summed E-state index contributed by atoms with van der Waals surface area (Å²) in [5.41, 5.74) is 3.69. The standard InChI is InChI=1S/C24H19ClN6O4/c1-33-17-5-6-18-20(12-17)26-10-9-21(18)34-14-23-29-28-22-8-7-19(30-31(22)23)16-4-2-3-15(11-16)13-35-24(32)27-25/h2-12H,13-14H2,1H3,(H,27,32). The average molecular weight is 491 g/mol. The minimum absolute atomic E-state index is 0.0755. The lowest BCUT2D eigenvalue weighted by Gasteiger charge is -2.09. The van der Waals surface area contributed by atoms with E-state index in [0.717, 1.165) is 27.8 Å². The Bertz CT molecular complexity index is 1520. The first-order valence-electron chi connectivity index (χ1n) is 10.5. The van der Waals surface area contributed by atoms with E-state index in [1.807, 2.05) is 59.4 Å². The van der Waals surface area contributed by atoms with Gasteiger partial charge in [0.1, 0.15) is 24.7 Å². The summed E-state index contributed by atoms with van der Waals surface area (Å²) in [4.78, 5) is 17.5. The number of carbonyl (C=O) groups is 1. The summed E-state index contributed by atoms with van der Waals surface area (Å²) >= 11 is 5.24. The fourth-order valence-electron chi connectivity index (χ4n) is 3.57. The number of rotatable bonds is 7. The molecule has 176 valence electrons. The number of benzene rings is 2. The third kappa shape index (κ3) is 4.78.